The smallest absolute Gasteiger partial charge is 0.315 e. The molecule has 0 aromatic heterocycles. The number of rotatable bonds is 4. The second kappa shape index (κ2) is 4.81. The van der Waals surface area contributed by atoms with Crippen molar-refractivity contribution in [3.8, 4) is 0 Å². The molecule has 10 heavy (non-hydrogen) atoms. The molecule has 0 aromatic carbocycles. The van der Waals surface area contributed by atoms with Crippen LogP contribution in [0.1, 0.15) is 20.3 Å². The van der Waals surface area contributed by atoms with Crippen LogP contribution in [0.3, 0.4) is 0 Å². The normalized spacial score (nSPS) is 17.4. The van der Waals surface area contributed by atoms with Gasteiger partial charge in [0, 0.05) is 5.67 Å². The van der Waals surface area contributed by atoms with E-state index in [0.717, 1.165) is 6.42 Å². The van der Waals surface area contributed by atoms with Gasteiger partial charge in [-0.15, -0.1) is 0 Å². The van der Waals surface area contributed by atoms with Crippen molar-refractivity contribution in [2.24, 2.45) is 11.1 Å². The molecule has 0 heterocycles. The van der Waals surface area contributed by atoms with Gasteiger partial charge in [-0.2, -0.15) is 0 Å². The molecular weight excluding hydrogens is 146 g/mol. The Hall–Kier alpha value is 0.0569. The second-order valence-corrected chi connectivity index (χ2v) is 3.89. The fourth-order valence-electron chi connectivity index (χ4n) is 0.730. The van der Waals surface area contributed by atoms with Crippen LogP contribution in [0.25, 0.3) is 0 Å². The number of hydrogen-bond acceptors (Lipinski definition) is 4. The van der Waals surface area contributed by atoms with Crippen molar-refractivity contribution in [1.29, 1.82) is 0 Å². The summed E-state index contributed by atoms with van der Waals surface area (Å²) in [6.07, 6.45) is 0.726. The van der Waals surface area contributed by atoms with Crippen molar-refractivity contribution in [1.82, 2.24) is 5.32 Å². The van der Waals surface area contributed by atoms with Gasteiger partial charge in [-0.05, 0) is 13.3 Å². The Balaban J connectivity index is 3.60. The summed E-state index contributed by atoms with van der Waals surface area (Å²) >= 11 is 0. The average Bonchev–Trinajstić information content (AvgIpc) is 1.81. The Kier molecular flexibility index (Phi) is 4.84. The summed E-state index contributed by atoms with van der Waals surface area (Å²) in [6.45, 7) is 3.79. The molecule has 0 saturated carbocycles. The van der Waals surface area contributed by atoms with Crippen LogP contribution >= 0.6 is 0 Å². The molecule has 0 aliphatic rings. The lowest BCUT2D eigenvalue weighted by atomic mass is 10.4. The molecule has 0 spiro atoms. The highest BCUT2D eigenvalue weighted by atomic mass is 28.3. The summed E-state index contributed by atoms with van der Waals surface area (Å²) < 4.78 is 0. The molecule has 0 aliphatic carbocycles. The Morgan fingerprint density at radius 1 is 1.70 bits per heavy atom. The van der Waals surface area contributed by atoms with E-state index < -0.39 is 9.20 Å². The van der Waals surface area contributed by atoms with Crippen LogP contribution in [0.5, 0.6) is 0 Å². The predicted molar refractivity (Wildman–Crippen MR) is 43.0 cm³/mol. The van der Waals surface area contributed by atoms with Crippen LogP contribution in [0, 0.1) is 0 Å². The maximum atomic E-state index is 9.02. The summed E-state index contributed by atoms with van der Waals surface area (Å²) in [6, 6.07) is 0. The maximum Gasteiger partial charge on any atom is 0.315 e. The summed E-state index contributed by atoms with van der Waals surface area (Å²) in [7, 11) is -1.71. The van der Waals surface area contributed by atoms with Gasteiger partial charge in [-0.1, -0.05) is 6.92 Å². The predicted octanol–water partition coefficient (Wildman–Crippen LogP) is -1.36. The van der Waals surface area contributed by atoms with E-state index in [4.69, 9.17) is 15.9 Å². The molecule has 0 aliphatic heterocycles. The molecule has 0 rings (SSSR count). The van der Waals surface area contributed by atoms with Crippen molar-refractivity contribution in [3.05, 3.63) is 0 Å². The van der Waals surface area contributed by atoms with Gasteiger partial charge in [-0.3, -0.25) is 5.32 Å². The highest BCUT2D eigenvalue weighted by Crippen LogP contribution is 1.90. The molecule has 6 N–H and O–H groups in total. The average molecular weight is 162 g/mol. The number of hydrogen-bond donors (Lipinski definition) is 4. The Labute approximate surface area is 63.4 Å². The van der Waals surface area contributed by atoms with Crippen molar-refractivity contribution in [3.63, 3.8) is 0 Å². The fourth-order valence-corrected chi connectivity index (χ4v) is 1.58. The molecular formula is C5H16N3OSi. The minimum atomic E-state index is -1.71. The van der Waals surface area contributed by atoms with Gasteiger partial charge >= 0.3 is 9.20 Å². The first-order valence-electron chi connectivity index (χ1n) is 3.40. The van der Waals surface area contributed by atoms with Crippen LogP contribution in [-0.2, 0) is 0 Å². The summed E-state index contributed by atoms with van der Waals surface area (Å²) in [5.74, 6) is 0. The van der Waals surface area contributed by atoms with Crippen LogP contribution < -0.4 is 16.4 Å². The fraction of sp³-hybridized carbons (Fsp3) is 1.00. The lowest BCUT2D eigenvalue weighted by Gasteiger charge is -2.19. The minimum Gasteiger partial charge on any atom is -0.418 e. The number of nitrogens with one attached hydrogen (secondary N) is 1. The van der Waals surface area contributed by atoms with Gasteiger partial charge in [0.25, 0.3) is 0 Å². The van der Waals surface area contributed by atoms with Crippen LogP contribution in [0.2, 0.25) is 0 Å². The molecule has 0 fully saturated rings. The Bertz CT molecular complexity index is 89.0. The first-order chi connectivity index (χ1) is 4.57. The SMILES string of the molecule is CCC(NC(C)N)[Si](N)O. The third-order valence-corrected chi connectivity index (χ3v) is 2.52. The highest BCUT2D eigenvalue weighted by molar-refractivity contribution is 6.48. The zero-order valence-corrected chi connectivity index (χ0v) is 7.46. The standard InChI is InChI=1S/C5H16N3OSi/c1-3-5(10(7)9)8-4(2)6/h4-5,8-9H,3,6-7H2,1-2H3. The summed E-state index contributed by atoms with van der Waals surface area (Å²) in [5, 5.41) is 8.31. The van der Waals surface area contributed by atoms with Crippen molar-refractivity contribution in [2.75, 3.05) is 0 Å². The lowest BCUT2D eigenvalue weighted by Crippen LogP contribution is -2.54. The largest absolute Gasteiger partial charge is 0.418 e. The van der Waals surface area contributed by atoms with E-state index >= 15 is 0 Å². The first-order valence-corrected chi connectivity index (χ1v) is 5.01. The minimum absolute atomic E-state index is 0.00463. The van der Waals surface area contributed by atoms with Gasteiger partial charge in [0.1, 0.15) is 0 Å². The Morgan fingerprint density at radius 2 is 2.20 bits per heavy atom. The molecule has 5 heteroatoms. The monoisotopic (exact) mass is 162 g/mol. The molecule has 0 saturated heterocycles. The van der Waals surface area contributed by atoms with Crippen LogP contribution in [-0.4, -0.2) is 25.8 Å². The zero-order valence-electron chi connectivity index (χ0n) is 6.46. The van der Waals surface area contributed by atoms with Gasteiger partial charge in [0.05, 0.1) is 6.17 Å². The molecule has 0 amide bonds. The molecule has 0 aromatic rings. The van der Waals surface area contributed by atoms with E-state index in [1.165, 1.54) is 0 Å². The van der Waals surface area contributed by atoms with E-state index in [1.54, 1.807) is 0 Å². The third-order valence-electron chi connectivity index (χ3n) is 1.23. The van der Waals surface area contributed by atoms with Crippen LogP contribution in [0.4, 0.5) is 0 Å². The highest BCUT2D eigenvalue weighted by Gasteiger charge is 2.17. The maximum absolute atomic E-state index is 9.02. The molecule has 2 atom stereocenters. The first kappa shape index (κ1) is 10.1. The number of nitrogens with two attached hydrogens (primary N) is 2. The van der Waals surface area contributed by atoms with Crippen molar-refractivity contribution < 1.29 is 4.80 Å². The molecule has 1 radical (unpaired) electrons. The van der Waals surface area contributed by atoms with Crippen molar-refractivity contribution >= 4 is 9.20 Å². The van der Waals surface area contributed by atoms with E-state index in [-0.39, 0.29) is 11.8 Å². The molecule has 2 unspecified atom stereocenters. The molecule has 61 valence electrons. The third kappa shape index (κ3) is 3.97. The molecule has 4 nitrogen and oxygen atoms in total. The van der Waals surface area contributed by atoms with Gasteiger partial charge in [-0.25, -0.2) is 0 Å². The van der Waals surface area contributed by atoms with Crippen LogP contribution in [0.15, 0.2) is 0 Å². The second-order valence-electron chi connectivity index (χ2n) is 2.34. The van der Waals surface area contributed by atoms with E-state index in [0.29, 0.717) is 0 Å². The van der Waals surface area contributed by atoms with Gasteiger partial charge in [0.15, 0.2) is 0 Å². The molecule has 0 bridgehead atoms. The summed E-state index contributed by atoms with van der Waals surface area (Å²) in [4.78, 5) is 9.02. The topological polar surface area (TPSA) is 84.3 Å². The lowest BCUT2D eigenvalue weighted by molar-refractivity contribution is 0.462. The van der Waals surface area contributed by atoms with Crippen molar-refractivity contribution in [2.45, 2.75) is 32.1 Å². The zero-order chi connectivity index (χ0) is 8.15. The Morgan fingerprint density at radius 3 is 2.30 bits per heavy atom. The van der Waals surface area contributed by atoms with E-state index in [2.05, 4.69) is 5.32 Å². The van der Waals surface area contributed by atoms with E-state index in [9.17, 15) is 0 Å². The quantitative estimate of drug-likeness (QED) is 0.304. The summed E-state index contributed by atoms with van der Waals surface area (Å²) in [5.41, 5.74) is 5.45. The van der Waals surface area contributed by atoms with Gasteiger partial charge < -0.3 is 15.9 Å². The van der Waals surface area contributed by atoms with E-state index in [1.807, 2.05) is 13.8 Å². The van der Waals surface area contributed by atoms with Gasteiger partial charge in [0.2, 0.25) is 0 Å².